The van der Waals surface area contributed by atoms with Crippen LogP contribution in [0.3, 0.4) is 0 Å². The summed E-state index contributed by atoms with van der Waals surface area (Å²) >= 11 is 1.74. The zero-order chi connectivity index (χ0) is 9.26. The Morgan fingerprint density at radius 1 is 1.62 bits per heavy atom. The van der Waals surface area contributed by atoms with Crippen LogP contribution in [-0.4, -0.2) is 11.0 Å². The standard InChI is InChI=1S/C10H16N2S/c1-7(2)5-9-6-13-10(12-9)11-8-3-4-8/h6-8H,3-5H2,1-2H3,(H,11,12). The highest BCUT2D eigenvalue weighted by Crippen LogP contribution is 2.27. The summed E-state index contributed by atoms with van der Waals surface area (Å²) < 4.78 is 0. The van der Waals surface area contributed by atoms with E-state index in [1.54, 1.807) is 11.3 Å². The van der Waals surface area contributed by atoms with Crippen molar-refractivity contribution in [1.29, 1.82) is 0 Å². The van der Waals surface area contributed by atoms with Gasteiger partial charge in [-0.25, -0.2) is 4.98 Å². The van der Waals surface area contributed by atoms with Crippen LogP contribution in [0.1, 0.15) is 32.4 Å². The van der Waals surface area contributed by atoms with E-state index in [2.05, 4.69) is 29.5 Å². The van der Waals surface area contributed by atoms with E-state index in [9.17, 15) is 0 Å². The maximum absolute atomic E-state index is 4.54. The molecule has 1 aliphatic carbocycles. The molecule has 0 atom stereocenters. The van der Waals surface area contributed by atoms with E-state index in [4.69, 9.17) is 0 Å². The summed E-state index contributed by atoms with van der Waals surface area (Å²) in [5, 5.41) is 6.70. The first-order chi connectivity index (χ1) is 6.24. The van der Waals surface area contributed by atoms with Crippen molar-refractivity contribution in [2.24, 2.45) is 5.92 Å². The molecule has 0 unspecified atom stereocenters. The summed E-state index contributed by atoms with van der Waals surface area (Å²) in [4.78, 5) is 4.54. The zero-order valence-corrected chi connectivity index (χ0v) is 9.03. The summed E-state index contributed by atoms with van der Waals surface area (Å²) in [7, 11) is 0. The first-order valence-electron chi connectivity index (χ1n) is 4.95. The number of nitrogens with zero attached hydrogens (tertiary/aromatic N) is 1. The number of nitrogens with one attached hydrogen (secondary N) is 1. The highest BCUT2D eigenvalue weighted by Gasteiger charge is 2.21. The predicted octanol–water partition coefficient (Wildman–Crippen LogP) is 2.92. The van der Waals surface area contributed by atoms with Gasteiger partial charge in [-0.2, -0.15) is 0 Å². The minimum atomic E-state index is 0.705. The van der Waals surface area contributed by atoms with Gasteiger partial charge in [0.15, 0.2) is 5.13 Å². The van der Waals surface area contributed by atoms with Gasteiger partial charge in [-0.05, 0) is 25.2 Å². The van der Waals surface area contributed by atoms with Gasteiger partial charge in [0.2, 0.25) is 0 Å². The van der Waals surface area contributed by atoms with E-state index in [1.165, 1.54) is 18.5 Å². The van der Waals surface area contributed by atoms with Gasteiger partial charge in [0.25, 0.3) is 0 Å². The van der Waals surface area contributed by atoms with Gasteiger partial charge in [-0.3, -0.25) is 0 Å². The molecule has 0 aromatic carbocycles. The molecule has 1 aromatic rings. The quantitative estimate of drug-likeness (QED) is 0.801. The minimum absolute atomic E-state index is 0.705. The number of hydrogen-bond donors (Lipinski definition) is 1. The van der Waals surface area contributed by atoms with Gasteiger partial charge in [-0.1, -0.05) is 13.8 Å². The molecule has 1 fully saturated rings. The number of anilines is 1. The van der Waals surface area contributed by atoms with Gasteiger partial charge in [0, 0.05) is 11.4 Å². The molecule has 1 aromatic heterocycles. The lowest BCUT2D eigenvalue weighted by atomic mass is 10.1. The Hall–Kier alpha value is -0.570. The van der Waals surface area contributed by atoms with Crippen LogP contribution in [0.25, 0.3) is 0 Å². The van der Waals surface area contributed by atoms with Gasteiger partial charge < -0.3 is 5.32 Å². The SMILES string of the molecule is CC(C)Cc1csc(NC2CC2)n1. The summed E-state index contributed by atoms with van der Waals surface area (Å²) in [6.45, 7) is 4.46. The third kappa shape index (κ3) is 2.69. The fraction of sp³-hybridized carbons (Fsp3) is 0.700. The molecule has 1 aliphatic rings. The van der Waals surface area contributed by atoms with Crippen LogP contribution in [0, 0.1) is 5.92 Å². The Labute approximate surface area is 83.4 Å². The van der Waals surface area contributed by atoms with Crippen molar-refractivity contribution in [1.82, 2.24) is 4.98 Å². The zero-order valence-electron chi connectivity index (χ0n) is 8.21. The normalized spacial score (nSPS) is 16.5. The molecule has 2 rings (SSSR count). The largest absolute Gasteiger partial charge is 0.359 e. The molecule has 1 N–H and O–H groups in total. The second-order valence-electron chi connectivity index (χ2n) is 4.16. The number of hydrogen-bond acceptors (Lipinski definition) is 3. The van der Waals surface area contributed by atoms with E-state index < -0.39 is 0 Å². The molecular formula is C10H16N2S. The van der Waals surface area contributed by atoms with E-state index >= 15 is 0 Å². The van der Waals surface area contributed by atoms with E-state index in [0.717, 1.165) is 17.6 Å². The van der Waals surface area contributed by atoms with Crippen molar-refractivity contribution in [2.75, 3.05) is 5.32 Å². The lowest BCUT2D eigenvalue weighted by Crippen LogP contribution is -2.00. The number of aromatic nitrogens is 1. The Kier molecular flexibility index (Phi) is 2.54. The average molecular weight is 196 g/mol. The topological polar surface area (TPSA) is 24.9 Å². The average Bonchev–Trinajstić information content (AvgIpc) is 2.73. The van der Waals surface area contributed by atoms with Crippen molar-refractivity contribution in [2.45, 2.75) is 39.2 Å². The summed E-state index contributed by atoms with van der Waals surface area (Å²) in [6, 6.07) is 0.720. The molecule has 0 radical (unpaired) electrons. The maximum Gasteiger partial charge on any atom is 0.183 e. The van der Waals surface area contributed by atoms with Crippen LogP contribution < -0.4 is 5.32 Å². The molecule has 13 heavy (non-hydrogen) atoms. The summed E-state index contributed by atoms with van der Waals surface area (Å²) in [5.41, 5.74) is 1.24. The van der Waals surface area contributed by atoms with Crippen molar-refractivity contribution in [3.05, 3.63) is 11.1 Å². The Morgan fingerprint density at radius 3 is 3.00 bits per heavy atom. The maximum atomic E-state index is 4.54. The van der Waals surface area contributed by atoms with E-state index in [-0.39, 0.29) is 0 Å². The molecule has 72 valence electrons. The van der Waals surface area contributed by atoms with E-state index in [1.807, 2.05) is 0 Å². The van der Waals surface area contributed by atoms with Crippen LogP contribution in [0.5, 0.6) is 0 Å². The Morgan fingerprint density at radius 2 is 2.38 bits per heavy atom. The highest BCUT2D eigenvalue weighted by atomic mass is 32.1. The molecule has 0 spiro atoms. The number of rotatable bonds is 4. The van der Waals surface area contributed by atoms with Crippen LogP contribution in [0.2, 0.25) is 0 Å². The summed E-state index contributed by atoms with van der Waals surface area (Å²) in [6.07, 6.45) is 3.74. The van der Waals surface area contributed by atoms with Crippen molar-refractivity contribution < 1.29 is 0 Å². The molecule has 3 heteroatoms. The smallest absolute Gasteiger partial charge is 0.183 e. The summed E-state index contributed by atoms with van der Waals surface area (Å²) in [5.74, 6) is 0.705. The van der Waals surface area contributed by atoms with Gasteiger partial charge in [-0.15, -0.1) is 11.3 Å². The van der Waals surface area contributed by atoms with Crippen LogP contribution in [0.15, 0.2) is 5.38 Å². The van der Waals surface area contributed by atoms with Gasteiger partial charge >= 0.3 is 0 Å². The molecule has 0 aliphatic heterocycles. The highest BCUT2D eigenvalue weighted by molar-refractivity contribution is 7.13. The van der Waals surface area contributed by atoms with Gasteiger partial charge in [0.1, 0.15) is 0 Å². The minimum Gasteiger partial charge on any atom is -0.359 e. The van der Waals surface area contributed by atoms with Crippen molar-refractivity contribution in [3.8, 4) is 0 Å². The second kappa shape index (κ2) is 3.66. The molecule has 0 saturated heterocycles. The molecule has 1 saturated carbocycles. The lowest BCUT2D eigenvalue weighted by Gasteiger charge is -1.99. The van der Waals surface area contributed by atoms with Crippen LogP contribution in [-0.2, 0) is 6.42 Å². The number of thiazole rings is 1. The van der Waals surface area contributed by atoms with Crippen LogP contribution in [0.4, 0.5) is 5.13 Å². The molecular weight excluding hydrogens is 180 g/mol. The lowest BCUT2D eigenvalue weighted by molar-refractivity contribution is 0.638. The van der Waals surface area contributed by atoms with Gasteiger partial charge in [0.05, 0.1) is 5.69 Å². The van der Waals surface area contributed by atoms with Crippen LogP contribution >= 0.6 is 11.3 Å². The van der Waals surface area contributed by atoms with E-state index in [0.29, 0.717) is 5.92 Å². The molecule has 0 amide bonds. The first-order valence-corrected chi connectivity index (χ1v) is 5.83. The van der Waals surface area contributed by atoms with Crippen molar-refractivity contribution >= 4 is 16.5 Å². The molecule has 0 bridgehead atoms. The Bertz CT molecular complexity index is 258. The molecule has 2 nitrogen and oxygen atoms in total. The monoisotopic (exact) mass is 196 g/mol. The third-order valence-corrected chi connectivity index (χ3v) is 2.90. The predicted molar refractivity (Wildman–Crippen MR) is 57.3 cm³/mol. The Balaban J connectivity index is 1.91. The fourth-order valence-corrected chi connectivity index (χ4v) is 2.09. The fourth-order valence-electron chi connectivity index (χ4n) is 1.29. The second-order valence-corrected chi connectivity index (χ2v) is 5.02. The first kappa shape index (κ1) is 9.00. The third-order valence-electron chi connectivity index (χ3n) is 2.07. The van der Waals surface area contributed by atoms with Crippen molar-refractivity contribution in [3.63, 3.8) is 0 Å². The molecule has 1 heterocycles.